The van der Waals surface area contributed by atoms with Crippen molar-refractivity contribution in [1.29, 1.82) is 0 Å². The van der Waals surface area contributed by atoms with Crippen LogP contribution >= 0.6 is 0 Å². The van der Waals surface area contributed by atoms with Crippen LogP contribution in [0.1, 0.15) is 11.4 Å². The van der Waals surface area contributed by atoms with Gasteiger partial charge in [0.2, 0.25) is 0 Å². The predicted molar refractivity (Wildman–Crippen MR) is 51.5 cm³/mol. The van der Waals surface area contributed by atoms with Crippen LogP contribution in [0.25, 0.3) is 10.8 Å². The van der Waals surface area contributed by atoms with Crippen molar-refractivity contribution < 1.29 is 13.2 Å². The molecule has 0 radical (unpaired) electrons. The lowest BCUT2D eigenvalue weighted by Crippen LogP contribution is -2.08. The minimum absolute atomic E-state index is 0.403. The highest BCUT2D eigenvalue weighted by Crippen LogP contribution is 2.30. The number of fused-ring (bicyclic) bond motifs is 1. The Bertz CT molecular complexity index is 503. The van der Waals surface area contributed by atoms with Gasteiger partial charge < -0.3 is 0 Å². The van der Waals surface area contributed by atoms with Crippen LogP contribution in [-0.4, -0.2) is 4.98 Å². The van der Waals surface area contributed by atoms with E-state index in [1.54, 1.807) is 31.2 Å². The highest BCUT2D eigenvalue weighted by atomic mass is 19.4. The molecule has 4 heteroatoms. The summed E-state index contributed by atoms with van der Waals surface area (Å²) in [6.07, 6.45) is -4.38. The molecule has 0 fully saturated rings. The van der Waals surface area contributed by atoms with E-state index in [0.29, 0.717) is 11.1 Å². The Morgan fingerprint density at radius 3 is 2.47 bits per heavy atom. The molecule has 0 unspecified atom stereocenters. The minimum atomic E-state index is -4.38. The number of benzene rings is 1. The number of aryl methyl sites for hydroxylation is 1. The zero-order valence-corrected chi connectivity index (χ0v) is 7.97. The molecule has 1 nitrogen and oxygen atoms in total. The highest BCUT2D eigenvalue weighted by molar-refractivity contribution is 5.84. The van der Waals surface area contributed by atoms with E-state index < -0.39 is 11.9 Å². The van der Waals surface area contributed by atoms with Gasteiger partial charge in [0.15, 0.2) is 0 Å². The largest absolute Gasteiger partial charge is 0.433 e. The number of hydrogen-bond donors (Lipinski definition) is 0. The van der Waals surface area contributed by atoms with Crippen molar-refractivity contribution in [3.8, 4) is 0 Å². The quantitative estimate of drug-likeness (QED) is 0.649. The SMILES string of the molecule is Cc1nc(C(F)(F)F)cc2ccccc12. The second-order valence-electron chi connectivity index (χ2n) is 3.31. The molecule has 0 N–H and O–H groups in total. The first-order chi connectivity index (χ1) is 6.98. The van der Waals surface area contributed by atoms with Crippen LogP contribution in [0.3, 0.4) is 0 Å². The molecule has 0 bridgehead atoms. The number of rotatable bonds is 0. The molecule has 0 aliphatic heterocycles. The van der Waals surface area contributed by atoms with E-state index in [1.807, 2.05) is 0 Å². The van der Waals surface area contributed by atoms with Crippen LogP contribution in [-0.2, 0) is 6.18 Å². The summed E-state index contributed by atoms with van der Waals surface area (Å²) in [5.41, 5.74) is -0.431. The zero-order valence-electron chi connectivity index (χ0n) is 7.97. The average Bonchev–Trinajstić information content (AvgIpc) is 2.16. The standard InChI is InChI=1S/C11H8F3N/c1-7-9-5-3-2-4-8(9)6-10(15-7)11(12,13)14/h2-6H,1H3. The van der Waals surface area contributed by atoms with Crippen LogP contribution in [0, 0.1) is 6.92 Å². The lowest BCUT2D eigenvalue weighted by atomic mass is 10.1. The van der Waals surface area contributed by atoms with Crippen molar-refractivity contribution in [2.75, 3.05) is 0 Å². The number of hydrogen-bond acceptors (Lipinski definition) is 1. The normalized spacial score (nSPS) is 12.0. The van der Waals surface area contributed by atoms with Crippen LogP contribution in [0.2, 0.25) is 0 Å². The lowest BCUT2D eigenvalue weighted by molar-refractivity contribution is -0.141. The molecule has 0 saturated heterocycles. The summed E-state index contributed by atoms with van der Waals surface area (Å²) in [6, 6.07) is 7.98. The van der Waals surface area contributed by atoms with Gasteiger partial charge in [-0.1, -0.05) is 24.3 Å². The van der Waals surface area contributed by atoms with E-state index in [1.165, 1.54) is 0 Å². The molecular formula is C11H8F3N. The third-order valence-electron chi connectivity index (χ3n) is 2.22. The molecule has 0 aliphatic rings. The Kier molecular flexibility index (Phi) is 2.14. The number of halogens is 3. The smallest absolute Gasteiger partial charge is 0.248 e. The first-order valence-corrected chi connectivity index (χ1v) is 4.42. The Hall–Kier alpha value is -1.58. The van der Waals surface area contributed by atoms with Crippen LogP contribution < -0.4 is 0 Å². The van der Waals surface area contributed by atoms with Gasteiger partial charge in [-0.15, -0.1) is 0 Å². The van der Waals surface area contributed by atoms with Crippen molar-refractivity contribution in [3.63, 3.8) is 0 Å². The van der Waals surface area contributed by atoms with Crippen LogP contribution in [0.15, 0.2) is 30.3 Å². The van der Waals surface area contributed by atoms with Crippen molar-refractivity contribution in [2.45, 2.75) is 13.1 Å². The monoisotopic (exact) mass is 211 g/mol. The molecule has 78 valence electrons. The van der Waals surface area contributed by atoms with Crippen LogP contribution in [0.4, 0.5) is 13.2 Å². The molecular weight excluding hydrogens is 203 g/mol. The zero-order chi connectivity index (χ0) is 11.1. The van der Waals surface area contributed by atoms with Crippen molar-refractivity contribution in [1.82, 2.24) is 4.98 Å². The molecule has 1 aromatic carbocycles. The number of alkyl halides is 3. The molecule has 0 saturated carbocycles. The summed E-state index contributed by atoms with van der Waals surface area (Å²) in [7, 11) is 0. The fraction of sp³-hybridized carbons (Fsp3) is 0.182. The Labute approximate surface area is 84.6 Å². The topological polar surface area (TPSA) is 12.9 Å². The van der Waals surface area contributed by atoms with E-state index in [2.05, 4.69) is 4.98 Å². The van der Waals surface area contributed by atoms with Gasteiger partial charge in [0.25, 0.3) is 0 Å². The summed E-state index contributed by atoms with van der Waals surface area (Å²) < 4.78 is 37.3. The Balaban J connectivity index is 2.73. The summed E-state index contributed by atoms with van der Waals surface area (Å²) in [6.45, 7) is 1.58. The molecule has 2 aromatic rings. The maximum Gasteiger partial charge on any atom is 0.433 e. The number of pyridine rings is 1. The third kappa shape index (κ3) is 1.79. The van der Waals surface area contributed by atoms with Crippen molar-refractivity contribution >= 4 is 10.8 Å². The molecule has 0 spiro atoms. The maximum atomic E-state index is 12.4. The lowest BCUT2D eigenvalue weighted by Gasteiger charge is -2.08. The average molecular weight is 211 g/mol. The first kappa shape index (κ1) is 9.96. The van der Waals surface area contributed by atoms with Gasteiger partial charge in [-0.3, -0.25) is 0 Å². The van der Waals surface area contributed by atoms with Gasteiger partial charge in [0, 0.05) is 11.1 Å². The molecule has 1 aromatic heterocycles. The first-order valence-electron chi connectivity index (χ1n) is 4.42. The molecule has 15 heavy (non-hydrogen) atoms. The van der Waals surface area contributed by atoms with E-state index in [0.717, 1.165) is 11.5 Å². The van der Waals surface area contributed by atoms with Gasteiger partial charge >= 0.3 is 6.18 Å². The van der Waals surface area contributed by atoms with Gasteiger partial charge in [0.05, 0.1) is 0 Å². The molecule has 2 rings (SSSR count). The Morgan fingerprint density at radius 1 is 1.13 bits per heavy atom. The summed E-state index contributed by atoms with van der Waals surface area (Å²) in [5, 5.41) is 1.32. The van der Waals surface area contributed by atoms with E-state index >= 15 is 0 Å². The number of aromatic nitrogens is 1. The maximum absolute atomic E-state index is 12.4. The van der Waals surface area contributed by atoms with E-state index in [9.17, 15) is 13.2 Å². The molecule has 0 amide bonds. The fourth-order valence-corrected chi connectivity index (χ4v) is 1.52. The third-order valence-corrected chi connectivity index (χ3v) is 2.22. The second kappa shape index (κ2) is 3.22. The van der Waals surface area contributed by atoms with Crippen LogP contribution in [0.5, 0.6) is 0 Å². The molecule has 1 heterocycles. The minimum Gasteiger partial charge on any atom is -0.248 e. The predicted octanol–water partition coefficient (Wildman–Crippen LogP) is 3.56. The van der Waals surface area contributed by atoms with E-state index in [4.69, 9.17) is 0 Å². The summed E-state index contributed by atoms with van der Waals surface area (Å²) in [4.78, 5) is 3.55. The summed E-state index contributed by atoms with van der Waals surface area (Å²) >= 11 is 0. The summed E-state index contributed by atoms with van der Waals surface area (Å²) in [5.74, 6) is 0. The van der Waals surface area contributed by atoms with Gasteiger partial charge in [-0.2, -0.15) is 13.2 Å². The highest BCUT2D eigenvalue weighted by Gasteiger charge is 2.32. The Morgan fingerprint density at radius 2 is 1.80 bits per heavy atom. The molecule has 0 atom stereocenters. The van der Waals surface area contributed by atoms with Gasteiger partial charge in [-0.05, 0) is 18.4 Å². The van der Waals surface area contributed by atoms with Gasteiger partial charge in [-0.25, -0.2) is 4.98 Å². The molecule has 0 aliphatic carbocycles. The number of nitrogens with zero attached hydrogens (tertiary/aromatic N) is 1. The van der Waals surface area contributed by atoms with Crippen molar-refractivity contribution in [3.05, 3.63) is 41.7 Å². The van der Waals surface area contributed by atoms with E-state index in [-0.39, 0.29) is 0 Å². The van der Waals surface area contributed by atoms with Gasteiger partial charge in [0.1, 0.15) is 5.69 Å². The second-order valence-corrected chi connectivity index (χ2v) is 3.31. The fourth-order valence-electron chi connectivity index (χ4n) is 1.52. The van der Waals surface area contributed by atoms with Crippen molar-refractivity contribution in [2.24, 2.45) is 0 Å².